The molecular formula is C21H36. The highest BCUT2D eigenvalue weighted by atomic mass is 14.3. The lowest BCUT2D eigenvalue weighted by Gasteiger charge is -2.31. The Morgan fingerprint density at radius 2 is 1.33 bits per heavy atom. The smallest absolute Gasteiger partial charge is 0.0236 e. The van der Waals surface area contributed by atoms with Crippen LogP contribution in [0.2, 0.25) is 0 Å². The standard InChI is InChI=1S/C21H36/c1-4-17(3)16-21-14-12-20(13-15-21)11-10-19-8-6-18(5-2)7-9-19/h5,18-21H,2-4,6-16H2,1H3. The van der Waals surface area contributed by atoms with Gasteiger partial charge >= 0.3 is 0 Å². The molecular weight excluding hydrogens is 252 g/mol. The molecule has 0 spiro atoms. The monoisotopic (exact) mass is 288 g/mol. The fourth-order valence-electron chi connectivity index (χ4n) is 4.46. The largest absolute Gasteiger partial charge is 0.103 e. The van der Waals surface area contributed by atoms with Crippen LogP contribution in [0.15, 0.2) is 24.8 Å². The summed E-state index contributed by atoms with van der Waals surface area (Å²) >= 11 is 0. The Hall–Kier alpha value is -0.520. The van der Waals surface area contributed by atoms with E-state index < -0.39 is 0 Å². The van der Waals surface area contributed by atoms with Crippen LogP contribution in [0.25, 0.3) is 0 Å². The Bertz CT molecular complexity index is 311. The van der Waals surface area contributed by atoms with E-state index in [1.807, 2.05) is 0 Å². The maximum atomic E-state index is 4.19. The van der Waals surface area contributed by atoms with Crippen molar-refractivity contribution >= 4 is 0 Å². The second-order valence-corrected chi connectivity index (χ2v) is 7.79. The Morgan fingerprint density at radius 3 is 1.81 bits per heavy atom. The zero-order chi connectivity index (χ0) is 15.1. The summed E-state index contributed by atoms with van der Waals surface area (Å²) in [5.74, 6) is 3.84. The zero-order valence-corrected chi connectivity index (χ0v) is 14.3. The molecule has 0 atom stereocenters. The first-order chi connectivity index (χ1) is 10.2. The molecule has 2 saturated carbocycles. The molecule has 2 fully saturated rings. The first-order valence-corrected chi connectivity index (χ1v) is 9.50. The molecule has 0 aromatic rings. The summed E-state index contributed by atoms with van der Waals surface area (Å²) in [6, 6.07) is 0. The lowest BCUT2D eigenvalue weighted by atomic mass is 9.74. The average molecular weight is 289 g/mol. The molecule has 0 heteroatoms. The van der Waals surface area contributed by atoms with Crippen molar-refractivity contribution in [2.75, 3.05) is 0 Å². The second-order valence-electron chi connectivity index (χ2n) is 7.79. The average Bonchev–Trinajstić information content (AvgIpc) is 2.54. The Balaban J connectivity index is 1.59. The molecule has 0 N–H and O–H groups in total. The van der Waals surface area contributed by atoms with Crippen LogP contribution in [0.4, 0.5) is 0 Å². The van der Waals surface area contributed by atoms with E-state index in [9.17, 15) is 0 Å². The number of rotatable bonds is 7. The highest BCUT2D eigenvalue weighted by Gasteiger charge is 2.24. The van der Waals surface area contributed by atoms with Gasteiger partial charge in [-0.25, -0.2) is 0 Å². The van der Waals surface area contributed by atoms with Crippen molar-refractivity contribution in [3.63, 3.8) is 0 Å². The normalized spacial score (nSPS) is 33.6. The van der Waals surface area contributed by atoms with Gasteiger partial charge in [0.1, 0.15) is 0 Å². The molecule has 2 aliphatic rings. The van der Waals surface area contributed by atoms with Crippen molar-refractivity contribution in [1.82, 2.24) is 0 Å². The third-order valence-corrected chi connectivity index (χ3v) is 6.25. The minimum atomic E-state index is 0.823. The molecule has 0 aromatic heterocycles. The lowest BCUT2D eigenvalue weighted by Crippen LogP contribution is -2.18. The SMILES string of the molecule is C=CC1CCC(CCC2CCC(CC(=C)CC)CC2)CC1. The van der Waals surface area contributed by atoms with Gasteiger partial charge in [-0.05, 0) is 75.0 Å². The van der Waals surface area contributed by atoms with Gasteiger partial charge in [0.05, 0.1) is 0 Å². The molecule has 2 rings (SSSR count). The Labute approximate surface area is 133 Å². The number of hydrogen-bond donors (Lipinski definition) is 0. The van der Waals surface area contributed by atoms with Gasteiger partial charge < -0.3 is 0 Å². The van der Waals surface area contributed by atoms with Gasteiger partial charge in [0, 0.05) is 0 Å². The van der Waals surface area contributed by atoms with Gasteiger partial charge in [0.2, 0.25) is 0 Å². The fourth-order valence-corrected chi connectivity index (χ4v) is 4.46. The molecule has 2 aliphatic carbocycles. The van der Waals surface area contributed by atoms with Gasteiger partial charge in [0.15, 0.2) is 0 Å². The van der Waals surface area contributed by atoms with Crippen molar-refractivity contribution in [3.8, 4) is 0 Å². The molecule has 0 saturated heterocycles. The molecule has 120 valence electrons. The van der Waals surface area contributed by atoms with Gasteiger partial charge in [-0.3, -0.25) is 0 Å². The van der Waals surface area contributed by atoms with Crippen LogP contribution in [0.3, 0.4) is 0 Å². The third kappa shape index (κ3) is 5.64. The summed E-state index contributed by atoms with van der Waals surface area (Å²) in [7, 11) is 0. The van der Waals surface area contributed by atoms with Crippen molar-refractivity contribution in [2.45, 2.75) is 84.0 Å². The zero-order valence-electron chi connectivity index (χ0n) is 14.3. The van der Waals surface area contributed by atoms with Crippen LogP contribution in [0.1, 0.15) is 84.0 Å². The van der Waals surface area contributed by atoms with Gasteiger partial charge in [-0.15, -0.1) is 6.58 Å². The van der Waals surface area contributed by atoms with Crippen molar-refractivity contribution < 1.29 is 0 Å². The molecule has 21 heavy (non-hydrogen) atoms. The molecule has 0 aromatic carbocycles. The molecule has 0 nitrogen and oxygen atoms in total. The maximum Gasteiger partial charge on any atom is -0.0236 e. The summed E-state index contributed by atoms with van der Waals surface area (Å²) in [5.41, 5.74) is 1.47. The third-order valence-electron chi connectivity index (χ3n) is 6.25. The highest BCUT2D eigenvalue weighted by molar-refractivity contribution is 4.95. The summed E-state index contributed by atoms with van der Waals surface area (Å²) in [6.07, 6.45) is 19.3. The highest BCUT2D eigenvalue weighted by Crippen LogP contribution is 2.38. The minimum Gasteiger partial charge on any atom is -0.103 e. The van der Waals surface area contributed by atoms with Crippen molar-refractivity contribution in [2.24, 2.45) is 23.7 Å². The summed E-state index contributed by atoms with van der Waals surface area (Å²) in [4.78, 5) is 0. The molecule has 0 aliphatic heterocycles. The molecule has 0 bridgehead atoms. The van der Waals surface area contributed by atoms with Crippen LogP contribution in [-0.4, -0.2) is 0 Å². The van der Waals surface area contributed by atoms with E-state index in [2.05, 4.69) is 26.2 Å². The fraction of sp³-hybridized carbons (Fsp3) is 0.810. The first kappa shape index (κ1) is 16.8. The van der Waals surface area contributed by atoms with Gasteiger partial charge in [-0.2, -0.15) is 0 Å². The van der Waals surface area contributed by atoms with E-state index in [1.165, 1.54) is 82.6 Å². The number of hydrogen-bond acceptors (Lipinski definition) is 0. The van der Waals surface area contributed by atoms with Crippen LogP contribution < -0.4 is 0 Å². The van der Waals surface area contributed by atoms with E-state index >= 15 is 0 Å². The summed E-state index contributed by atoms with van der Waals surface area (Å²) in [5, 5.41) is 0. The molecule has 0 amide bonds. The van der Waals surface area contributed by atoms with Gasteiger partial charge in [-0.1, -0.05) is 50.8 Å². The topological polar surface area (TPSA) is 0 Å². The van der Waals surface area contributed by atoms with Crippen LogP contribution in [-0.2, 0) is 0 Å². The molecule has 0 radical (unpaired) electrons. The minimum absolute atomic E-state index is 0.823. The molecule has 0 heterocycles. The van der Waals surface area contributed by atoms with E-state index in [0.29, 0.717) is 0 Å². The first-order valence-electron chi connectivity index (χ1n) is 9.50. The van der Waals surface area contributed by atoms with Gasteiger partial charge in [0.25, 0.3) is 0 Å². The van der Waals surface area contributed by atoms with E-state index in [4.69, 9.17) is 0 Å². The summed E-state index contributed by atoms with van der Waals surface area (Å²) in [6.45, 7) is 10.4. The Kier molecular flexibility index (Phi) is 7.07. The van der Waals surface area contributed by atoms with E-state index in [0.717, 1.165) is 23.7 Å². The van der Waals surface area contributed by atoms with Crippen LogP contribution in [0.5, 0.6) is 0 Å². The van der Waals surface area contributed by atoms with Crippen molar-refractivity contribution in [3.05, 3.63) is 24.8 Å². The second kappa shape index (κ2) is 8.81. The Morgan fingerprint density at radius 1 is 0.857 bits per heavy atom. The van der Waals surface area contributed by atoms with E-state index in [-0.39, 0.29) is 0 Å². The van der Waals surface area contributed by atoms with Crippen LogP contribution in [0, 0.1) is 23.7 Å². The maximum absolute atomic E-state index is 4.19. The van der Waals surface area contributed by atoms with Crippen molar-refractivity contribution in [1.29, 1.82) is 0 Å². The van der Waals surface area contributed by atoms with Crippen LogP contribution >= 0.6 is 0 Å². The van der Waals surface area contributed by atoms with E-state index in [1.54, 1.807) is 0 Å². The quantitative estimate of drug-likeness (QED) is 0.446. The molecule has 0 unspecified atom stereocenters. The lowest BCUT2D eigenvalue weighted by molar-refractivity contribution is 0.226. The number of allylic oxidation sites excluding steroid dienone is 2. The predicted molar refractivity (Wildman–Crippen MR) is 94.4 cm³/mol. The summed E-state index contributed by atoms with van der Waals surface area (Å²) < 4.78 is 0. The predicted octanol–water partition coefficient (Wildman–Crippen LogP) is 6.92.